The van der Waals surface area contributed by atoms with Gasteiger partial charge in [0, 0.05) is 10.7 Å². The normalized spacial score (nSPS) is 15.2. The fourth-order valence-corrected chi connectivity index (χ4v) is 4.22. The molecular weight excluding hydrogens is 541 g/mol. The summed E-state index contributed by atoms with van der Waals surface area (Å²) in [6.45, 7) is 0.843. The molecule has 3 rings (SSSR count). The molecule has 0 aliphatic carbocycles. The van der Waals surface area contributed by atoms with E-state index in [4.69, 9.17) is 25.8 Å². The average Bonchev–Trinajstić information content (AvgIpc) is 2.99. The van der Waals surface area contributed by atoms with Gasteiger partial charge in [-0.1, -0.05) is 23.7 Å². The van der Waals surface area contributed by atoms with Crippen LogP contribution in [0.25, 0.3) is 6.08 Å². The summed E-state index contributed by atoms with van der Waals surface area (Å²) in [5, 5.41) is 0.0311. The number of hydrogen-bond acceptors (Lipinski definition) is 6. The molecule has 158 valence electrons. The van der Waals surface area contributed by atoms with Crippen LogP contribution in [0.2, 0.25) is 5.02 Å². The summed E-state index contributed by atoms with van der Waals surface area (Å²) in [5.74, 6) is 0.511. The van der Waals surface area contributed by atoms with Gasteiger partial charge in [-0.15, -0.1) is 0 Å². The van der Waals surface area contributed by atoms with Crippen LogP contribution in [0.3, 0.4) is 0 Å². The first-order chi connectivity index (χ1) is 14.4. The van der Waals surface area contributed by atoms with Crippen molar-refractivity contribution in [3.8, 4) is 11.5 Å². The molecule has 0 N–H and O–H groups in total. The summed E-state index contributed by atoms with van der Waals surface area (Å²) < 4.78 is 17.4. The van der Waals surface area contributed by atoms with Gasteiger partial charge in [-0.3, -0.25) is 14.5 Å². The van der Waals surface area contributed by atoms with Crippen LogP contribution in [0.1, 0.15) is 11.1 Å². The highest BCUT2D eigenvalue weighted by molar-refractivity contribution is 14.1. The van der Waals surface area contributed by atoms with E-state index in [0.717, 1.165) is 25.8 Å². The molecule has 1 heterocycles. The molecule has 9 heteroatoms. The molecule has 1 fully saturated rings. The second kappa shape index (κ2) is 10.5. The molecule has 2 aromatic rings. The lowest BCUT2D eigenvalue weighted by molar-refractivity contribution is -0.123. The Bertz CT molecular complexity index is 980. The SMILES string of the molecule is COCCN1C(=O)S/C(=C/c2cc(Cl)c(OCc3ccc(I)cc3)c(OC)c2)C1=O. The fraction of sp³-hybridized carbons (Fsp3) is 0.238. The van der Waals surface area contributed by atoms with E-state index < -0.39 is 0 Å². The summed E-state index contributed by atoms with van der Waals surface area (Å²) in [4.78, 5) is 26.0. The number of carbonyl (C=O) groups is 2. The monoisotopic (exact) mass is 559 g/mol. The summed E-state index contributed by atoms with van der Waals surface area (Å²) >= 11 is 9.56. The number of imide groups is 1. The van der Waals surface area contributed by atoms with E-state index in [1.807, 2.05) is 24.3 Å². The maximum atomic E-state index is 12.5. The highest BCUT2D eigenvalue weighted by Crippen LogP contribution is 2.39. The number of carbonyl (C=O) groups excluding carboxylic acids is 2. The Morgan fingerprint density at radius 3 is 2.57 bits per heavy atom. The van der Waals surface area contributed by atoms with Crippen LogP contribution < -0.4 is 9.47 Å². The zero-order valence-corrected chi connectivity index (χ0v) is 20.0. The topological polar surface area (TPSA) is 65.1 Å². The fourth-order valence-electron chi connectivity index (χ4n) is 2.73. The Morgan fingerprint density at radius 2 is 1.90 bits per heavy atom. The van der Waals surface area contributed by atoms with Crippen LogP contribution in [-0.4, -0.2) is 43.4 Å². The van der Waals surface area contributed by atoms with E-state index in [1.165, 1.54) is 14.2 Å². The number of benzene rings is 2. The zero-order chi connectivity index (χ0) is 21.7. The third-order valence-electron chi connectivity index (χ3n) is 4.24. The molecule has 1 aliphatic heterocycles. The summed E-state index contributed by atoms with van der Waals surface area (Å²) in [5.41, 5.74) is 1.64. The Labute approximate surface area is 197 Å². The van der Waals surface area contributed by atoms with E-state index in [9.17, 15) is 9.59 Å². The van der Waals surface area contributed by atoms with Gasteiger partial charge in [0.2, 0.25) is 0 Å². The van der Waals surface area contributed by atoms with E-state index in [0.29, 0.717) is 33.6 Å². The molecule has 1 aliphatic rings. The molecule has 0 radical (unpaired) electrons. The smallest absolute Gasteiger partial charge is 0.293 e. The molecule has 6 nitrogen and oxygen atoms in total. The quantitative estimate of drug-likeness (QED) is 0.327. The van der Waals surface area contributed by atoms with Crippen LogP contribution >= 0.6 is 46.0 Å². The minimum Gasteiger partial charge on any atom is -0.493 e. The maximum Gasteiger partial charge on any atom is 0.293 e. The van der Waals surface area contributed by atoms with Gasteiger partial charge in [0.15, 0.2) is 11.5 Å². The van der Waals surface area contributed by atoms with Crippen LogP contribution in [0.5, 0.6) is 11.5 Å². The van der Waals surface area contributed by atoms with Gasteiger partial charge in [0.1, 0.15) is 6.61 Å². The van der Waals surface area contributed by atoms with Gasteiger partial charge < -0.3 is 14.2 Å². The van der Waals surface area contributed by atoms with E-state index in [1.54, 1.807) is 18.2 Å². The van der Waals surface area contributed by atoms with Crippen molar-refractivity contribution in [2.45, 2.75) is 6.61 Å². The van der Waals surface area contributed by atoms with Gasteiger partial charge in [-0.05, 0) is 75.8 Å². The first-order valence-corrected chi connectivity index (χ1v) is 11.2. The molecule has 2 aromatic carbocycles. The van der Waals surface area contributed by atoms with Crippen molar-refractivity contribution < 1.29 is 23.8 Å². The van der Waals surface area contributed by atoms with Crippen LogP contribution in [0.15, 0.2) is 41.3 Å². The minimum atomic E-state index is -0.351. The van der Waals surface area contributed by atoms with Crippen molar-refractivity contribution in [1.29, 1.82) is 0 Å². The molecule has 0 unspecified atom stereocenters. The molecule has 0 aromatic heterocycles. The summed E-state index contributed by atoms with van der Waals surface area (Å²) in [7, 11) is 3.04. The second-order valence-electron chi connectivity index (χ2n) is 6.28. The number of ether oxygens (including phenoxy) is 3. The number of rotatable bonds is 8. The van der Waals surface area contributed by atoms with Crippen LogP contribution in [-0.2, 0) is 16.1 Å². The van der Waals surface area contributed by atoms with Gasteiger partial charge >= 0.3 is 0 Å². The van der Waals surface area contributed by atoms with Gasteiger partial charge in [0.05, 0.1) is 30.2 Å². The van der Waals surface area contributed by atoms with E-state index in [2.05, 4.69) is 22.6 Å². The van der Waals surface area contributed by atoms with Gasteiger partial charge in [-0.2, -0.15) is 0 Å². The summed E-state index contributed by atoms with van der Waals surface area (Å²) in [6.07, 6.45) is 1.62. The number of halogens is 2. The molecule has 30 heavy (non-hydrogen) atoms. The first-order valence-electron chi connectivity index (χ1n) is 8.92. The molecule has 0 saturated carbocycles. The largest absolute Gasteiger partial charge is 0.493 e. The maximum absolute atomic E-state index is 12.5. The minimum absolute atomic E-state index is 0.216. The van der Waals surface area contributed by atoms with Gasteiger partial charge in [0.25, 0.3) is 11.1 Å². The Balaban J connectivity index is 1.79. The molecule has 0 bridgehead atoms. The lowest BCUT2D eigenvalue weighted by Gasteiger charge is -2.14. The Kier molecular flexibility index (Phi) is 8.04. The summed E-state index contributed by atoms with van der Waals surface area (Å²) in [6, 6.07) is 11.4. The number of methoxy groups -OCH3 is 2. The van der Waals surface area contributed by atoms with Crippen molar-refractivity contribution in [2.75, 3.05) is 27.4 Å². The van der Waals surface area contributed by atoms with Gasteiger partial charge in [-0.25, -0.2) is 0 Å². The standard InChI is InChI=1S/C21H19ClINO5S/c1-27-8-7-24-20(25)18(30-21(24)26)11-14-9-16(22)19(17(10-14)28-2)29-12-13-3-5-15(23)6-4-13/h3-6,9-11H,7-8,12H2,1-2H3/b18-11+. The average molecular weight is 560 g/mol. The molecule has 1 saturated heterocycles. The molecule has 0 atom stereocenters. The third-order valence-corrected chi connectivity index (χ3v) is 6.15. The van der Waals surface area contributed by atoms with Crippen molar-refractivity contribution in [2.24, 2.45) is 0 Å². The highest BCUT2D eigenvalue weighted by atomic mass is 127. The van der Waals surface area contributed by atoms with Crippen LogP contribution in [0, 0.1) is 3.57 Å². The van der Waals surface area contributed by atoms with E-state index in [-0.39, 0.29) is 24.3 Å². The van der Waals surface area contributed by atoms with Crippen molar-refractivity contribution in [1.82, 2.24) is 4.90 Å². The van der Waals surface area contributed by atoms with E-state index >= 15 is 0 Å². The third kappa shape index (κ3) is 5.48. The number of nitrogens with zero attached hydrogens (tertiary/aromatic N) is 1. The molecule has 2 amide bonds. The van der Waals surface area contributed by atoms with Crippen molar-refractivity contribution in [3.63, 3.8) is 0 Å². The van der Waals surface area contributed by atoms with Crippen LogP contribution in [0.4, 0.5) is 4.79 Å². The first kappa shape index (κ1) is 22.9. The number of hydrogen-bond donors (Lipinski definition) is 0. The number of amides is 2. The lowest BCUT2D eigenvalue weighted by atomic mass is 10.1. The second-order valence-corrected chi connectivity index (χ2v) is 8.92. The predicted molar refractivity (Wildman–Crippen MR) is 126 cm³/mol. The predicted octanol–water partition coefficient (Wildman–Crippen LogP) is 5.21. The molecular formula is C21H19ClINO5S. The lowest BCUT2D eigenvalue weighted by Crippen LogP contribution is -2.31. The number of thioether (sulfide) groups is 1. The van der Waals surface area contributed by atoms with Crippen molar-refractivity contribution in [3.05, 3.63) is 61.0 Å². The highest BCUT2D eigenvalue weighted by Gasteiger charge is 2.34. The Hall–Kier alpha value is -1.75. The molecule has 0 spiro atoms. The van der Waals surface area contributed by atoms with Crippen molar-refractivity contribution >= 4 is 63.2 Å². The zero-order valence-electron chi connectivity index (χ0n) is 16.3. The Morgan fingerprint density at radius 1 is 1.17 bits per heavy atom.